The first kappa shape index (κ1) is 29.2. The molecule has 0 rings (SSSR count). The summed E-state index contributed by atoms with van der Waals surface area (Å²) in [6.07, 6.45) is 3.08. The molecular formula is C20H40N4O7. The third kappa shape index (κ3) is 22.7. The molecular weight excluding hydrogens is 408 g/mol. The van der Waals surface area contributed by atoms with Crippen molar-refractivity contribution in [3.63, 3.8) is 0 Å². The summed E-state index contributed by atoms with van der Waals surface area (Å²) in [5.74, 6) is -0.407. The molecule has 0 aliphatic rings. The highest BCUT2D eigenvalue weighted by molar-refractivity contribution is 5.77. The minimum Gasteiger partial charge on any atom is -0.377 e. The van der Waals surface area contributed by atoms with Crippen LogP contribution in [0.3, 0.4) is 0 Å². The maximum atomic E-state index is 11.6. The summed E-state index contributed by atoms with van der Waals surface area (Å²) in [5, 5.41) is 8.15. The van der Waals surface area contributed by atoms with E-state index in [4.69, 9.17) is 24.7 Å². The molecule has 182 valence electrons. The average molecular weight is 449 g/mol. The molecule has 11 heteroatoms. The minimum atomic E-state index is -0.240. The summed E-state index contributed by atoms with van der Waals surface area (Å²) in [6.45, 7) is 6.00. The lowest BCUT2D eigenvalue weighted by atomic mass is 10.3. The first-order valence-electron chi connectivity index (χ1n) is 10.9. The van der Waals surface area contributed by atoms with Crippen LogP contribution in [0.4, 0.5) is 0 Å². The van der Waals surface area contributed by atoms with Crippen molar-refractivity contribution >= 4 is 17.7 Å². The van der Waals surface area contributed by atoms with Gasteiger partial charge in [-0.15, -0.1) is 0 Å². The molecule has 31 heavy (non-hydrogen) atoms. The highest BCUT2D eigenvalue weighted by atomic mass is 16.5. The summed E-state index contributed by atoms with van der Waals surface area (Å²) in [7, 11) is 0. The van der Waals surface area contributed by atoms with Gasteiger partial charge in [-0.1, -0.05) is 13.3 Å². The first-order valence-corrected chi connectivity index (χ1v) is 10.9. The molecule has 0 aliphatic carbocycles. The normalized spacial score (nSPS) is 10.6. The van der Waals surface area contributed by atoms with Crippen molar-refractivity contribution in [2.45, 2.75) is 32.6 Å². The number of hydrogen-bond donors (Lipinski definition) is 4. The molecule has 0 aromatic rings. The minimum absolute atomic E-state index is 0.0221. The Kier molecular flexibility index (Phi) is 21.6. The zero-order valence-corrected chi connectivity index (χ0v) is 18.7. The number of amides is 3. The molecule has 0 bridgehead atoms. The zero-order chi connectivity index (χ0) is 23.0. The number of unbranched alkanes of at least 4 members (excludes halogenated alkanes) is 1. The molecule has 0 spiro atoms. The van der Waals surface area contributed by atoms with E-state index in [1.165, 1.54) is 0 Å². The van der Waals surface area contributed by atoms with Gasteiger partial charge in [0.15, 0.2) is 0 Å². The van der Waals surface area contributed by atoms with E-state index in [-0.39, 0.29) is 37.5 Å². The highest BCUT2D eigenvalue weighted by Crippen LogP contribution is 1.86. The Morgan fingerprint density at radius 3 is 1.65 bits per heavy atom. The van der Waals surface area contributed by atoms with Gasteiger partial charge in [0.05, 0.1) is 39.6 Å². The Hall–Kier alpha value is -1.79. The monoisotopic (exact) mass is 448 g/mol. The van der Waals surface area contributed by atoms with Crippen molar-refractivity contribution in [2.75, 3.05) is 79.0 Å². The van der Waals surface area contributed by atoms with E-state index >= 15 is 0 Å². The topological polar surface area (TPSA) is 150 Å². The lowest BCUT2D eigenvalue weighted by Crippen LogP contribution is -2.31. The summed E-state index contributed by atoms with van der Waals surface area (Å²) in [4.78, 5) is 34.3. The lowest BCUT2D eigenvalue weighted by Gasteiger charge is -2.09. The number of nitrogens with two attached hydrogens (primary N) is 1. The third-order valence-electron chi connectivity index (χ3n) is 3.81. The Morgan fingerprint density at radius 2 is 1.13 bits per heavy atom. The summed E-state index contributed by atoms with van der Waals surface area (Å²) < 4.78 is 21.0. The zero-order valence-electron chi connectivity index (χ0n) is 18.7. The van der Waals surface area contributed by atoms with Crippen LogP contribution in [0.1, 0.15) is 32.6 Å². The van der Waals surface area contributed by atoms with E-state index in [0.717, 1.165) is 12.8 Å². The SMILES string of the molecule is CCCCNC(=O)COCCOCCNC(=O)COCCOCCNC(=O)CCCN. The second-order valence-corrected chi connectivity index (χ2v) is 6.63. The average Bonchev–Trinajstić information content (AvgIpc) is 2.76. The van der Waals surface area contributed by atoms with Gasteiger partial charge in [-0.05, 0) is 19.4 Å². The number of ether oxygens (including phenoxy) is 4. The van der Waals surface area contributed by atoms with Crippen molar-refractivity contribution in [3.8, 4) is 0 Å². The van der Waals surface area contributed by atoms with Gasteiger partial charge in [-0.2, -0.15) is 0 Å². The van der Waals surface area contributed by atoms with Crippen LogP contribution in [0, 0.1) is 0 Å². The summed E-state index contributed by atoms with van der Waals surface area (Å²) >= 11 is 0. The molecule has 3 amide bonds. The molecule has 0 saturated heterocycles. The summed E-state index contributed by atoms with van der Waals surface area (Å²) in [5.41, 5.74) is 5.33. The van der Waals surface area contributed by atoms with E-state index in [1.807, 2.05) is 0 Å². The Balaban J connectivity index is 3.30. The van der Waals surface area contributed by atoms with Gasteiger partial charge >= 0.3 is 0 Å². The van der Waals surface area contributed by atoms with Crippen molar-refractivity contribution in [1.82, 2.24) is 16.0 Å². The maximum absolute atomic E-state index is 11.6. The standard InChI is InChI=1S/C20H40N4O7/c1-2-3-7-22-19(26)16-30-14-13-29-11-9-24-20(27)17-31-15-12-28-10-8-23-18(25)5-4-6-21/h2-17,21H2,1H3,(H,22,26)(H,23,25)(H,24,27). The molecule has 5 N–H and O–H groups in total. The van der Waals surface area contributed by atoms with Gasteiger partial charge in [0, 0.05) is 26.1 Å². The van der Waals surface area contributed by atoms with E-state index in [0.29, 0.717) is 72.1 Å². The second kappa shape index (κ2) is 22.9. The first-order chi connectivity index (χ1) is 15.1. The largest absolute Gasteiger partial charge is 0.377 e. The lowest BCUT2D eigenvalue weighted by molar-refractivity contribution is -0.127. The number of rotatable bonds is 22. The quantitative estimate of drug-likeness (QED) is 0.153. The van der Waals surface area contributed by atoms with Crippen LogP contribution in [-0.4, -0.2) is 96.8 Å². The van der Waals surface area contributed by atoms with Crippen LogP contribution in [0.15, 0.2) is 0 Å². The van der Waals surface area contributed by atoms with Crippen LogP contribution < -0.4 is 21.7 Å². The Bertz CT molecular complexity index is 467. The van der Waals surface area contributed by atoms with E-state index in [2.05, 4.69) is 22.9 Å². The molecule has 11 nitrogen and oxygen atoms in total. The van der Waals surface area contributed by atoms with Gasteiger partial charge in [-0.25, -0.2) is 0 Å². The second-order valence-electron chi connectivity index (χ2n) is 6.63. The predicted molar refractivity (Wildman–Crippen MR) is 116 cm³/mol. The van der Waals surface area contributed by atoms with Crippen molar-refractivity contribution in [3.05, 3.63) is 0 Å². The maximum Gasteiger partial charge on any atom is 0.246 e. The number of nitrogens with one attached hydrogen (secondary N) is 3. The predicted octanol–water partition coefficient (Wildman–Crippen LogP) is -1.06. The molecule has 0 aliphatic heterocycles. The van der Waals surface area contributed by atoms with E-state index in [1.54, 1.807) is 0 Å². The fraction of sp³-hybridized carbons (Fsp3) is 0.850. The van der Waals surface area contributed by atoms with Crippen molar-refractivity contribution < 1.29 is 33.3 Å². The van der Waals surface area contributed by atoms with Gasteiger partial charge in [0.2, 0.25) is 17.7 Å². The molecule has 0 aromatic heterocycles. The van der Waals surface area contributed by atoms with Crippen molar-refractivity contribution in [2.24, 2.45) is 5.73 Å². The number of carbonyl (C=O) groups is 3. The summed E-state index contributed by atoms with van der Waals surface area (Å²) in [6, 6.07) is 0. The Morgan fingerprint density at radius 1 is 0.645 bits per heavy atom. The van der Waals surface area contributed by atoms with Crippen LogP contribution in [0.5, 0.6) is 0 Å². The third-order valence-corrected chi connectivity index (χ3v) is 3.81. The number of carbonyl (C=O) groups excluding carboxylic acids is 3. The fourth-order valence-corrected chi connectivity index (χ4v) is 2.15. The van der Waals surface area contributed by atoms with Crippen LogP contribution in [0.25, 0.3) is 0 Å². The van der Waals surface area contributed by atoms with Crippen LogP contribution in [-0.2, 0) is 33.3 Å². The van der Waals surface area contributed by atoms with E-state index < -0.39 is 0 Å². The van der Waals surface area contributed by atoms with Gasteiger partial charge in [0.25, 0.3) is 0 Å². The molecule has 0 heterocycles. The smallest absolute Gasteiger partial charge is 0.246 e. The van der Waals surface area contributed by atoms with Gasteiger partial charge in [0.1, 0.15) is 13.2 Å². The van der Waals surface area contributed by atoms with Gasteiger partial charge < -0.3 is 40.6 Å². The molecule has 0 aromatic carbocycles. The van der Waals surface area contributed by atoms with Crippen molar-refractivity contribution in [1.29, 1.82) is 0 Å². The van der Waals surface area contributed by atoms with Gasteiger partial charge in [-0.3, -0.25) is 14.4 Å². The highest BCUT2D eigenvalue weighted by Gasteiger charge is 2.02. The Labute approximate surface area is 185 Å². The van der Waals surface area contributed by atoms with Crippen LogP contribution in [0.2, 0.25) is 0 Å². The molecule has 0 fully saturated rings. The van der Waals surface area contributed by atoms with E-state index in [9.17, 15) is 14.4 Å². The molecule has 0 radical (unpaired) electrons. The molecule has 0 unspecified atom stereocenters. The number of hydrogen-bond acceptors (Lipinski definition) is 8. The molecule has 0 atom stereocenters. The van der Waals surface area contributed by atoms with Crippen LogP contribution >= 0.6 is 0 Å². The molecule has 0 saturated carbocycles. The fourth-order valence-electron chi connectivity index (χ4n) is 2.15.